The van der Waals surface area contributed by atoms with Crippen LogP contribution in [0.2, 0.25) is 0 Å². The van der Waals surface area contributed by atoms with Gasteiger partial charge >= 0.3 is 5.97 Å². The van der Waals surface area contributed by atoms with E-state index in [1.807, 2.05) is 0 Å². The van der Waals surface area contributed by atoms with Crippen LogP contribution in [0, 0.1) is 0 Å². The van der Waals surface area contributed by atoms with Gasteiger partial charge in [-0.1, -0.05) is 0 Å². The highest BCUT2D eigenvalue weighted by Gasteiger charge is 2.18. The molecule has 0 fully saturated rings. The summed E-state index contributed by atoms with van der Waals surface area (Å²) >= 11 is 0. The highest BCUT2D eigenvalue weighted by atomic mass is 16.4. The zero-order valence-corrected chi connectivity index (χ0v) is 12.2. The second kappa shape index (κ2) is 6.87. The molecule has 0 aliphatic heterocycles. The molecule has 0 saturated heterocycles. The third kappa shape index (κ3) is 3.63. The molecule has 11 nitrogen and oxygen atoms in total. The Bertz CT molecular complexity index is 781. The van der Waals surface area contributed by atoms with Crippen molar-refractivity contribution in [1.29, 1.82) is 0 Å². The maximum absolute atomic E-state index is 12.3. The SMILES string of the molecule is NCCN(CCC(=O)O)C(=O)Cn1c(N)nc2nc[nH]c2c1=O. The average molecular weight is 323 g/mol. The largest absolute Gasteiger partial charge is 0.481 e. The summed E-state index contributed by atoms with van der Waals surface area (Å²) in [5, 5.41) is 8.72. The Labute approximate surface area is 129 Å². The first-order valence-electron chi connectivity index (χ1n) is 6.83. The molecule has 2 aromatic heterocycles. The average Bonchev–Trinajstić information content (AvgIpc) is 2.95. The second-order valence-corrected chi connectivity index (χ2v) is 4.78. The van der Waals surface area contributed by atoms with Crippen LogP contribution < -0.4 is 17.0 Å². The van der Waals surface area contributed by atoms with E-state index in [-0.39, 0.29) is 49.7 Å². The number of carbonyl (C=O) groups excluding carboxylic acids is 1. The summed E-state index contributed by atoms with van der Waals surface area (Å²) in [4.78, 5) is 46.9. The summed E-state index contributed by atoms with van der Waals surface area (Å²) in [6, 6.07) is 0. The number of hydrogen-bond donors (Lipinski definition) is 4. The predicted octanol–water partition coefficient (Wildman–Crippen LogP) is -2.04. The molecule has 2 aromatic rings. The van der Waals surface area contributed by atoms with E-state index in [1.54, 1.807) is 0 Å². The number of carboxylic acids is 1. The van der Waals surface area contributed by atoms with Gasteiger partial charge in [-0.05, 0) is 0 Å². The van der Waals surface area contributed by atoms with Crippen molar-refractivity contribution in [3.8, 4) is 0 Å². The van der Waals surface area contributed by atoms with E-state index in [9.17, 15) is 14.4 Å². The number of nitrogen functional groups attached to an aromatic ring is 1. The summed E-state index contributed by atoms with van der Waals surface area (Å²) in [6.45, 7) is 0.0000698. The molecule has 0 atom stereocenters. The molecule has 11 heteroatoms. The van der Waals surface area contributed by atoms with Gasteiger partial charge in [0.15, 0.2) is 11.2 Å². The van der Waals surface area contributed by atoms with Crippen LogP contribution in [0.15, 0.2) is 11.1 Å². The molecule has 0 unspecified atom stereocenters. The second-order valence-electron chi connectivity index (χ2n) is 4.78. The quantitative estimate of drug-likeness (QED) is 0.451. The van der Waals surface area contributed by atoms with Crippen molar-refractivity contribution >= 4 is 29.0 Å². The lowest BCUT2D eigenvalue weighted by atomic mass is 10.3. The third-order valence-corrected chi connectivity index (χ3v) is 3.22. The molecular weight excluding hydrogens is 306 g/mol. The van der Waals surface area contributed by atoms with Crippen molar-refractivity contribution < 1.29 is 14.7 Å². The van der Waals surface area contributed by atoms with Gasteiger partial charge in [0, 0.05) is 19.6 Å². The van der Waals surface area contributed by atoms with Crippen LogP contribution >= 0.6 is 0 Å². The third-order valence-electron chi connectivity index (χ3n) is 3.22. The minimum atomic E-state index is -1.03. The number of aliphatic carboxylic acids is 1. The van der Waals surface area contributed by atoms with Crippen LogP contribution in [0.3, 0.4) is 0 Å². The van der Waals surface area contributed by atoms with Crippen LogP contribution in [-0.4, -0.2) is 61.0 Å². The molecule has 0 spiro atoms. The van der Waals surface area contributed by atoms with E-state index in [4.69, 9.17) is 16.6 Å². The molecule has 124 valence electrons. The molecule has 0 bridgehead atoms. The number of hydrogen-bond acceptors (Lipinski definition) is 7. The number of H-pyrrole nitrogens is 1. The van der Waals surface area contributed by atoms with Gasteiger partial charge in [0.25, 0.3) is 5.56 Å². The number of aromatic amines is 1. The van der Waals surface area contributed by atoms with E-state index in [1.165, 1.54) is 11.2 Å². The van der Waals surface area contributed by atoms with Crippen molar-refractivity contribution in [2.24, 2.45) is 5.73 Å². The Morgan fingerprint density at radius 2 is 2.13 bits per heavy atom. The molecular formula is C12H17N7O4. The summed E-state index contributed by atoms with van der Waals surface area (Å²) in [7, 11) is 0. The monoisotopic (exact) mass is 323 g/mol. The maximum Gasteiger partial charge on any atom is 0.305 e. The lowest BCUT2D eigenvalue weighted by Crippen LogP contribution is -2.41. The Balaban J connectivity index is 2.23. The van der Waals surface area contributed by atoms with Crippen molar-refractivity contribution in [3.05, 3.63) is 16.7 Å². The minimum Gasteiger partial charge on any atom is -0.481 e. The van der Waals surface area contributed by atoms with Crippen molar-refractivity contribution in [3.63, 3.8) is 0 Å². The Hall–Kier alpha value is -2.95. The smallest absolute Gasteiger partial charge is 0.305 e. The Morgan fingerprint density at radius 1 is 1.39 bits per heavy atom. The number of nitrogens with zero attached hydrogens (tertiary/aromatic N) is 4. The first-order valence-corrected chi connectivity index (χ1v) is 6.83. The lowest BCUT2D eigenvalue weighted by molar-refractivity contribution is -0.138. The fraction of sp³-hybridized carbons (Fsp3) is 0.417. The number of carboxylic acid groups (broad SMARTS) is 1. The van der Waals surface area contributed by atoms with Crippen LogP contribution in [0.1, 0.15) is 6.42 Å². The van der Waals surface area contributed by atoms with Gasteiger partial charge in [-0.25, -0.2) is 4.98 Å². The zero-order valence-electron chi connectivity index (χ0n) is 12.2. The number of imidazole rings is 1. The molecule has 0 saturated carbocycles. The molecule has 2 heterocycles. The first kappa shape index (κ1) is 16.4. The van der Waals surface area contributed by atoms with E-state index in [0.29, 0.717) is 0 Å². The van der Waals surface area contributed by atoms with Gasteiger partial charge in [-0.3, -0.25) is 19.0 Å². The number of aromatic nitrogens is 4. The van der Waals surface area contributed by atoms with Gasteiger partial charge in [-0.15, -0.1) is 0 Å². The van der Waals surface area contributed by atoms with Gasteiger partial charge in [0.1, 0.15) is 6.54 Å². The Kier molecular flexibility index (Phi) is 4.91. The molecule has 6 N–H and O–H groups in total. The van der Waals surface area contributed by atoms with Crippen molar-refractivity contribution in [2.45, 2.75) is 13.0 Å². The first-order chi connectivity index (χ1) is 10.9. The standard InChI is InChI=1S/C12H17N7O4/c13-2-4-18(3-1-8(21)22)7(20)5-19-11(23)9-10(16-6-15-9)17-12(19)14/h6H,1-5,13H2,(H2,14,17)(H,15,16)(H,21,22). The van der Waals surface area contributed by atoms with Crippen LogP contribution in [-0.2, 0) is 16.1 Å². The van der Waals surface area contributed by atoms with E-state index in [0.717, 1.165) is 4.57 Å². The number of carbonyl (C=O) groups is 2. The number of amides is 1. The van der Waals surface area contributed by atoms with Gasteiger partial charge in [0.05, 0.1) is 12.7 Å². The lowest BCUT2D eigenvalue weighted by Gasteiger charge is -2.22. The van der Waals surface area contributed by atoms with E-state index in [2.05, 4.69) is 15.0 Å². The number of nitrogens with one attached hydrogen (secondary N) is 1. The van der Waals surface area contributed by atoms with Crippen molar-refractivity contribution in [1.82, 2.24) is 24.4 Å². The molecule has 2 rings (SSSR count). The highest BCUT2D eigenvalue weighted by molar-refractivity contribution is 5.78. The molecule has 0 aliphatic rings. The van der Waals surface area contributed by atoms with Crippen LogP contribution in [0.4, 0.5) is 5.95 Å². The van der Waals surface area contributed by atoms with Gasteiger partial charge in [0.2, 0.25) is 11.9 Å². The van der Waals surface area contributed by atoms with Gasteiger partial charge < -0.3 is 26.5 Å². The summed E-state index contributed by atoms with van der Waals surface area (Å²) < 4.78 is 1.01. The van der Waals surface area contributed by atoms with Crippen LogP contribution in [0.25, 0.3) is 11.2 Å². The zero-order chi connectivity index (χ0) is 17.0. The highest BCUT2D eigenvalue weighted by Crippen LogP contribution is 2.05. The number of rotatable bonds is 7. The predicted molar refractivity (Wildman–Crippen MR) is 80.4 cm³/mol. The normalized spacial score (nSPS) is 10.8. The molecule has 23 heavy (non-hydrogen) atoms. The maximum atomic E-state index is 12.3. The molecule has 0 aliphatic carbocycles. The molecule has 1 amide bonds. The molecule has 0 aromatic carbocycles. The van der Waals surface area contributed by atoms with Crippen molar-refractivity contribution in [2.75, 3.05) is 25.4 Å². The summed E-state index contributed by atoms with van der Waals surface area (Å²) in [6.07, 6.45) is 1.09. The fourth-order valence-corrected chi connectivity index (χ4v) is 2.07. The topological polar surface area (TPSA) is 173 Å². The van der Waals surface area contributed by atoms with E-state index >= 15 is 0 Å². The Morgan fingerprint density at radius 3 is 2.78 bits per heavy atom. The number of fused-ring (bicyclic) bond motifs is 1. The number of anilines is 1. The van der Waals surface area contributed by atoms with Crippen LogP contribution in [0.5, 0.6) is 0 Å². The fourth-order valence-electron chi connectivity index (χ4n) is 2.07. The summed E-state index contributed by atoms with van der Waals surface area (Å²) in [5.41, 5.74) is 10.9. The summed E-state index contributed by atoms with van der Waals surface area (Å²) in [5.74, 6) is -1.64. The van der Waals surface area contributed by atoms with Gasteiger partial charge in [-0.2, -0.15) is 4.98 Å². The minimum absolute atomic E-state index is 0.000246. The number of nitrogens with two attached hydrogens (primary N) is 2. The molecule has 0 radical (unpaired) electrons. The van der Waals surface area contributed by atoms with E-state index < -0.39 is 17.4 Å².